The zero-order chi connectivity index (χ0) is 24.9. The fourth-order valence-corrected chi connectivity index (χ4v) is 5.13. The molecule has 0 saturated carbocycles. The average molecular weight is 510 g/mol. The fourth-order valence-electron chi connectivity index (χ4n) is 3.72. The highest BCUT2D eigenvalue weighted by molar-refractivity contribution is 7.87. The van der Waals surface area contributed by atoms with Gasteiger partial charge in [-0.25, -0.2) is 4.79 Å². The Morgan fingerprint density at radius 1 is 1.24 bits per heavy atom. The van der Waals surface area contributed by atoms with Crippen molar-refractivity contribution in [2.45, 2.75) is 31.6 Å². The van der Waals surface area contributed by atoms with Gasteiger partial charge in [0.05, 0.1) is 18.2 Å². The van der Waals surface area contributed by atoms with E-state index in [0.29, 0.717) is 25.3 Å². The van der Waals surface area contributed by atoms with Gasteiger partial charge in [0.2, 0.25) is 0 Å². The lowest BCUT2D eigenvalue weighted by molar-refractivity contribution is 0.0519. The number of ether oxygens (including phenoxy) is 2. The van der Waals surface area contributed by atoms with E-state index < -0.39 is 16.1 Å². The molecule has 1 heterocycles. The number of esters is 1. The minimum atomic E-state index is -4.21. The molecule has 1 saturated heterocycles. The molecule has 34 heavy (non-hydrogen) atoms. The molecule has 3 N–H and O–H groups in total. The van der Waals surface area contributed by atoms with Crippen LogP contribution < -0.4 is 14.7 Å². The first-order chi connectivity index (χ1) is 16.1. The number of halogens is 1. The number of aryl methyl sites for hydroxylation is 1. The molecule has 1 aliphatic heterocycles. The van der Waals surface area contributed by atoms with E-state index in [1.54, 1.807) is 30.9 Å². The van der Waals surface area contributed by atoms with Crippen molar-refractivity contribution in [1.82, 2.24) is 4.90 Å². The Balaban J connectivity index is 1.85. The number of guanidine groups is 1. The predicted molar refractivity (Wildman–Crippen MR) is 128 cm³/mol. The van der Waals surface area contributed by atoms with Crippen molar-refractivity contribution in [1.29, 1.82) is 5.41 Å². The van der Waals surface area contributed by atoms with E-state index in [-0.39, 0.29) is 45.5 Å². The molecule has 0 atom stereocenters. The second kappa shape index (κ2) is 11.0. The zero-order valence-electron chi connectivity index (χ0n) is 19.0. The van der Waals surface area contributed by atoms with Crippen molar-refractivity contribution in [3.05, 3.63) is 52.5 Å². The molecule has 11 heteroatoms. The summed E-state index contributed by atoms with van der Waals surface area (Å²) in [5, 5.41) is 7.59. The fraction of sp³-hybridized carbons (Fsp3) is 0.391. The first kappa shape index (κ1) is 25.6. The van der Waals surface area contributed by atoms with Crippen LogP contribution in [0.5, 0.6) is 11.5 Å². The third kappa shape index (κ3) is 6.12. The smallest absolute Gasteiger partial charge is 0.342 e. The van der Waals surface area contributed by atoms with Gasteiger partial charge in [0.1, 0.15) is 22.0 Å². The van der Waals surface area contributed by atoms with Crippen molar-refractivity contribution < 1.29 is 26.9 Å². The van der Waals surface area contributed by atoms with Crippen LogP contribution >= 0.6 is 11.6 Å². The number of carbonyl (C=O) groups excluding carboxylic acids is 1. The normalized spacial score (nSPS) is 14.5. The lowest BCUT2D eigenvalue weighted by Gasteiger charge is -2.32. The molecule has 1 fully saturated rings. The largest absolute Gasteiger partial charge is 0.492 e. The minimum absolute atomic E-state index is 0.00753. The number of nitrogens with zero attached hydrogens (tertiary/aromatic N) is 1. The van der Waals surface area contributed by atoms with Crippen LogP contribution in [0.15, 0.2) is 41.3 Å². The molecule has 0 spiro atoms. The highest BCUT2D eigenvalue weighted by atomic mass is 35.5. The molecule has 2 aromatic carbocycles. The van der Waals surface area contributed by atoms with E-state index in [2.05, 4.69) is 0 Å². The molecule has 0 unspecified atom stereocenters. The van der Waals surface area contributed by atoms with Crippen LogP contribution in [0.1, 0.15) is 35.7 Å². The van der Waals surface area contributed by atoms with Gasteiger partial charge in [-0.15, -0.1) is 0 Å². The second-order valence-corrected chi connectivity index (χ2v) is 9.85. The Bertz CT molecular complexity index is 1160. The maximum absolute atomic E-state index is 12.8. The quantitative estimate of drug-likeness (QED) is 0.239. The minimum Gasteiger partial charge on any atom is -0.492 e. The number of nitrogens with two attached hydrogens (primary N) is 1. The predicted octanol–water partition coefficient (Wildman–Crippen LogP) is 3.58. The highest BCUT2D eigenvalue weighted by Crippen LogP contribution is 2.33. The summed E-state index contributed by atoms with van der Waals surface area (Å²) < 4.78 is 42.1. The standard InChI is InChI=1S/C23H28ClN3O6S/c1-3-31-22(28)21-15(2)12-17(33-34(29,30)20-7-5-4-6-18(20)24)13-19(21)32-14-16-8-10-27(11-9-16)23(25)26/h4-7,12-13,16H,3,8-11,14H2,1-2H3,(H3,25,26). The maximum Gasteiger partial charge on any atom is 0.342 e. The number of likely N-dealkylation sites (tertiary alicyclic amines) is 1. The van der Waals surface area contributed by atoms with Crippen molar-refractivity contribution in [3.63, 3.8) is 0 Å². The number of hydrogen-bond acceptors (Lipinski definition) is 7. The SMILES string of the molecule is CCOC(=O)c1c(C)cc(OS(=O)(=O)c2ccccc2Cl)cc1OCC1CCN(C(=N)N)CC1. The number of hydrogen-bond donors (Lipinski definition) is 2. The van der Waals surface area contributed by atoms with E-state index in [9.17, 15) is 13.2 Å². The van der Waals surface area contributed by atoms with Crippen molar-refractivity contribution >= 4 is 33.6 Å². The molecule has 184 valence electrons. The van der Waals surface area contributed by atoms with Crippen LogP contribution in [0.4, 0.5) is 0 Å². The summed E-state index contributed by atoms with van der Waals surface area (Å²) in [6.45, 7) is 5.13. The molecule has 1 aliphatic rings. The molecule has 0 bridgehead atoms. The Labute approximate surface area is 204 Å². The summed E-state index contributed by atoms with van der Waals surface area (Å²) in [5.41, 5.74) is 6.21. The Morgan fingerprint density at radius 2 is 1.91 bits per heavy atom. The Kier molecular flexibility index (Phi) is 8.27. The monoisotopic (exact) mass is 509 g/mol. The molecule has 0 amide bonds. The summed E-state index contributed by atoms with van der Waals surface area (Å²) in [7, 11) is -4.21. The lowest BCUT2D eigenvalue weighted by Crippen LogP contribution is -2.43. The summed E-state index contributed by atoms with van der Waals surface area (Å²) in [4.78, 5) is 14.2. The number of rotatable bonds is 8. The van der Waals surface area contributed by atoms with Gasteiger partial charge < -0.3 is 24.3 Å². The third-order valence-corrected chi connectivity index (χ3v) is 7.24. The van der Waals surface area contributed by atoms with E-state index in [4.69, 9.17) is 36.4 Å². The van der Waals surface area contributed by atoms with Crippen LogP contribution in [0.2, 0.25) is 5.02 Å². The first-order valence-corrected chi connectivity index (χ1v) is 12.6. The van der Waals surface area contributed by atoms with Crippen LogP contribution in [0.3, 0.4) is 0 Å². The van der Waals surface area contributed by atoms with Gasteiger partial charge in [-0.1, -0.05) is 23.7 Å². The van der Waals surface area contributed by atoms with E-state index >= 15 is 0 Å². The van der Waals surface area contributed by atoms with Gasteiger partial charge in [0.25, 0.3) is 0 Å². The van der Waals surface area contributed by atoms with Crippen molar-refractivity contribution in [2.75, 3.05) is 26.3 Å². The molecular weight excluding hydrogens is 482 g/mol. The molecule has 0 aliphatic carbocycles. The van der Waals surface area contributed by atoms with Crippen LogP contribution in [0, 0.1) is 18.3 Å². The number of carbonyl (C=O) groups is 1. The number of benzene rings is 2. The lowest BCUT2D eigenvalue weighted by atomic mass is 9.98. The van der Waals surface area contributed by atoms with Gasteiger partial charge in [-0.2, -0.15) is 8.42 Å². The number of piperidine rings is 1. The van der Waals surface area contributed by atoms with E-state index in [0.717, 1.165) is 12.8 Å². The Hall–Kier alpha value is -2.98. The molecule has 2 aromatic rings. The summed E-state index contributed by atoms with van der Waals surface area (Å²) in [6, 6.07) is 8.79. The van der Waals surface area contributed by atoms with Gasteiger partial charge in [-0.05, 0) is 56.4 Å². The van der Waals surface area contributed by atoms with Gasteiger partial charge in [-0.3, -0.25) is 5.41 Å². The van der Waals surface area contributed by atoms with E-state index in [1.165, 1.54) is 24.3 Å². The van der Waals surface area contributed by atoms with Gasteiger partial charge >= 0.3 is 16.1 Å². The van der Waals surface area contributed by atoms with Crippen LogP contribution in [-0.2, 0) is 14.9 Å². The summed E-state index contributed by atoms with van der Waals surface area (Å²) in [5.74, 6) is -0.169. The molecule has 0 aromatic heterocycles. The van der Waals surface area contributed by atoms with Crippen LogP contribution in [-0.4, -0.2) is 51.5 Å². The number of nitrogens with one attached hydrogen (secondary N) is 1. The van der Waals surface area contributed by atoms with Gasteiger partial charge in [0.15, 0.2) is 5.96 Å². The van der Waals surface area contributed by atoms with Crippen LogP contribution in [0.25, 0.3) is 0 Å². The van der Waals surface area contributed by atoms with Gasteiger partial charge in [0, 0.05) is 19.2 Å². The summed E-state index contributed by atoms with van der Waals surface area (Å²) in [6.07, 6.45) is 1.54. The molecule has 0 radical (unpaired) electrons. The third-order valence-electron chi connectivity index (χ3n) is 5.49. The highest BCUT2D eigenvalue weighted by Gasteiger charge is 2.25. The molecule has 9 nitrogen and oxygen atoms in total. The Morgan fingerprint density at radius 3 is 2.53 bits per heavy atom. The zero-order valence-corrected chi connectivity index (χ0v) is 20.6. The van der Waals surface area contributed by atoms with Crippen molar-refractivity contribution in [2.24, 2.45) is 11.7 Å². The maximum atomic E-state index is 12.8. The topological polar surface area (TPSA) is 132 Å². The molecule has 3 rings (SSSR count). The van der Waals surface area contributed by atoms with Crippen molar-refractivity contribution in [3.8, 4) is 11.5 Å². The van der Waals surface area contributed by atoms with E-state index in [1.807, 2.05) is 0 Å². The first-order valence-electron chi connectivity index (χ1n) is 10.8. The molecular formula is C23H28ClN3O6S. The summed E-state index contributed by atoms with van der Waals surface area (Å²) >= 11 is 6.04. The second-order valence-electron chi connectivity index (χ2n) is 7.93. The average Bonchev–Trinajstić information content (AvgIpc) is 2.77.